The summed E-state index contributed by atoms with van der Waals surface area (Å²) in [5, 5.41) is 3.58. The lowest BCUT2D eigenvalue weighted by Crippen LogP contribution is -2.37. The number of hydrogen-bond donors (Lipinski definition) is 1. The van der Waals surface area contributed by atoms with Crippen molar-refractivity contribution in [2.24, 2.45) is 0 Å². The molecule has 31 heavy (non-hydrogen) atoms. The number of benzene rings is 2. The molecule has 0 bridgehead atoms. The summed E-state index contributed by atoms with van der Waals surface area (Å²) in [5.74, 6) is 1.01. The fourth-order valence-corrected chi connectivity index (χ4v) is 4.42. The molecule has 0 spiro atoms. The molecule has 1 atom stereocenters. The maximum Gasteiger partial charge on any atom is 0.175 e. The zero-order valence-electron chi connectivity index (χ0n) is 18.0. The number of likely N-dealkylation sites (N-methyl/N-ethyl adjacent to an activating group) is 1. The van der Waals surface area contributed by atoms with Gasteiger partial charge in [0.05, 0.1) is 11.1 Å². The maximum absolute atomic E-state index is 13.9. The molecule has 1 saturated heterocycles. The molecule has 2 aromatic rings. The maximum atomic E-state index is 13.9. The van der Waals surface area contributed by atoms with Crippen LogP contribution in [-0.4, -0.2) is 37.2 Å². The molecule has 1 N–H and O–H groups in total. The standard InChI is InChI=1S/C23H30BrFN2O2.2ClH/c1-3-27-11-7-9-19(27)15-26-14-17-12-20(24)23(22(13-17)28-4-2)29-16-18-8-5-6-10-21(18)25;;/h5-6,8,10,12-13,19,26H,3-4,7,9,11,14-16H2,1-2H3;2*1H. The van der Waals surface area contributed by atoms with Crippen LogP contribution in [0.1, 0.15) is 37.8 Å². The van der Waals surface area contributed by atoms with Gasteiger partial charge in [0.15, 0.2) is 11.5 Å². The van der Waals surface area contributed by atoms with Crippen molar-refractivity contribution in [2.45, 2.75) is 45.9 Å². The third-order valence-corrected chi connectivity index (χ3v) is 5.90. The molecule has 0 amide bonds. The summed E-state index contributed by atoms with van der Waals surface area (Å²) in [7, 11) is 0. The van der Waals surface area contributed by atoms with E-state index in [-0.39, 0.29) is 37.2 Å². The SMILES string of the molecule is CCOc1cc(CNCC2CCCN2CC)cc(Br)c1OCc1ccccc1F.Cl.Cl. The van der Waals surface area contributed by atoms with E-state index in [9.17, 15) is 4.39 Å². The first-order valence-corrected chi connectivity index (χ1v) is 11.2. The van der Waals surface area contributed by atoms with Crippen molar-refractivity contribution in [1.29, 1.82) is 0 Å². The van der Waals surface area contributed by atoms with Crippen molar-refractivity contribution in [3.05, 3.63) is 57.8 Å². The summed E-state index contributed by atoms with van der Waals surface area (Å²) in [6.45, 7) is 8.92. The molecule has 174 valence electrons. The van der Waals surface area contributed by atoms with E-state index in [1.165, 1.54) is 25.5 Å². The first-order valence-electron chi connectivity index (χ1n) is 10.4. The number of hydrogen-bond acceptors (Lipinski definition) is 4. The Balaban J connectivity index is 0.00000240. The molecule has 1 aliphatic heterocycles. The minimum atomic E-state index is -0.268. The van der Waals surface area contributed by atoms with E-state index in [0.717, 1.165) is 29.7 Å². The molecule has 1 heterocycles. The van der Waals surface area contributed by atoms with E-state index >= 15 is 0 Å². The molecule has 0 aliphatic carbocycles. The number of halogens is 4. The van der Waals surface area contributed by atoms with Crippen LogP contribution in [-0.2, 0) is 13.2 Å². The Bertz CT molecular complexity index is 813. The Morgan fingerprint density at radius 2 is 1.94 bits per heavy atom. The number of ether oxygens (including phenoxy) is 2. The molecule has 1 aliphatic rings. The van der Waals surface area contributed by atoms with Crippen LogP contribution < -0.4 is 14.8 Å². The lowest BCUT2D eigenvalue weighted by Gasteiger charge is -2.23. The van der Waals surface area contributed by atoms with Gasteiger partial charge in [0.2, 0.25) is 0 Å². The topological polar surface area (TPSA) is 33.7 Å². The normalized spacial score (nSPS) is 15.8. The Kier molecular flexibility index (Phi) is 12.8. The van der Waals surface area contributed by atoms with E-state index in [2.05, 4.69) is 33.1 Å². The smallest absolute Gasteiger partial charge is 0.175 e. The number of rotatable bonds is 10. The number of nitrogens with zero attached hydrogens (tertiary/aromatic N) is 1. The molecule has 1 unspecified atom stereocenters. The summed E-state index contributed by atoms with van der Waals surface area (Å²) >= 11 is 3.60. The van der Waals surface area contributed by atoms with Crippen LogP contribution in [0.5, 0.6) is 11.5 Å². The van der Waals surface area contributed by atoms with Gasteiger partial charge in [0.1, 0.15) is 12.4 Å². The minimum Gasteiger partial charge on any atom is -0.490 e. The lowest BCUT2D eigenvalue weighted by molar-refractivity contribution is 0.259. The zero-order valence-corrected chi connectivity index (χ0v) is 21.3. The molecule has 0 radical (unpaired) electrons. The highest BCUT2D eigenvalue weighted by Gasteiger charge is 2.22. The van der Waals surface area contributed by atoms with Crippen LogP contribution in [0.25, 0.3) is 0 Å². The largest absolute Gasteiger partial charge is 0.490 e. The highest BCUT2D eigenvalue weighted by atomic mass is 79.9. The van der Waals surface area contributed by atoms with Gasteiger partial charge >= 0.3 is 0 Å². The number of likely N-dealkylation sites (tertiary alicyclic amines) is 1. The van der Waals surface area contributed by atoms with E-state index in [4.69, 9.17) is 9.47 Å². The van der Waals surface area contributed by atoms with Gasteiger partial charge in [-0.15, -0.1) is 24.8 Å². The van der Waals surface area contributed by atoms with Crippen LogP contribution >= 0.6 is 40.7 Å². The third kappa shape index (κ3) is 7.79. The molecule has 4 nitrogen and oxygen atoms in total. The molecule has 2 aromatic carbocycles. The minimum absolute atomic E-state index is 0. The lowest BCUT2D eigenvalue weighted by atomic mass is 10.1. The van der Waals surface area contributed by atoms with Crippen molar-refractivity contribution in [1.82, 2.24) is 10.2 Å². The highest BCUT2D eigenvalue weighted by molar-refractivity contribution is 9.10. The Morgan fingerprint density at radius 1 is 1.16 bits per heavy atom. The fourth-order valence-electron chi connectivity index (χ4n) is 3.82. The van der Waals surface area contributed by atoms with Crippen LogP contribution in [0.4, 0.5) is 4.39 Å². The van der Waals surface area contributed by atoms with Crippen LogP contribution in [0.2, 0.25) is 0 Å². The molecule has 1 fully saturated rings. The summed E-state index contributed by atoms with van der Waals surface area (Å²) in [6.07, 6.45) is 2.55. The molecule has 0 saturated carbocycles. The Hall–Kier alpha value is -1.05. The zero-order chi connectivity index (χ0) is 20.6. The van der Waals surface area contributed by atoms with Crippen molar-refractivity contribution in [3.8, 4) is 11.5 Å². The highest BCUT2D eigenvalue weighted by Crippen LogP contribution is 2.37. The molecule has 8 heteroatoms. The molecular weight excluding hydrogens is 506 g/mol. The first kappa shape index (κ1) is 28.0. The van der Waals surface area contributed by atoms with Gasteiger partial charge in [-0.05, 0) is 72.5 Å². The predicted molar refractivity (Wildman–Crippen MR) is 133 cm³/mol. The van der Waals surface area contributed by atoms with Crippen molar-refractivity contribution in [2.75, 3.05) is 26.2 Å². The van der Waals surface area contributed by atoms with Crippen LogP contribution in [0, 0.1) is 5.82 Å². The quantitative estimate of drug-likeness (QED) is 0.404. The van der Waals surface area contributed by atoms with Gasteiger partial charge in [0.25, 0.3) is 0 Å². The average Bonchev–Trinajstić information content (AvgIpc) is 3.16. The van der Waals surface area contributed by atoms with E-state index < -0.39 is 0 Å². The molecular formula is C23H32BrCl2FN2O2. The van der Waals surface area contributed by atoms with Gasteiger partial charge in [-0.3, -0.25) is 4.90 Å². The molecule has 0 aromatic heterocycles. The second kappa shape index (κ2) is 14.2. The second-order valence-corrected chi connectivity index (χ2v) is 8.13. The Morgan fingerprint density at radius 3 is 2.65 bits per heavy atom. The monoisotopic (exact) mass is 536 g/mol. The van der Waals surface area contributed by atoms with E-state index in [1.54, 1.807) is 18.2 Å². The van der Waals surface area contributed by atoms with Gasteiger partial charge in [0, 0.05) is 24.7 Å². The van der Waals surface area contributed by atoms with Crippen molar-refractivity contribution < 1.29 is 13.9 Å². The summed E-state index contributed by atoms with van der Waals surface area (Å²) in [6, 6.07) is 11.3. The van der Waals surface area contributed by atoms with Crippen molar-refractivity contribution in [3.63, 3.8) is 0 Å². The van der Waals surface area contributed by atoms with Gasteiger partial charge in [-0.25, -0.2) is 4.39 Å². The molecule has 3 rings (SSSR count). The summed E-state index contributed by atoms with van der Waals surface area (Å²) < 4.78 is 26.4. The average molecular weight is 538 g/mol. The fraction of sp³-hybridized carbons (Fsp3) is 0.478. The van der Waals surface area contributed by atoms with Crippen molar-refractivity contribution >= 4 is 40.7 Å². The van der Waals surface area contributed by atoms with Gasteiger partial charge in [-0.2, -0.15) is 0 Å². The summed E-state index contributed by atoms with van der Waals surface area (Å²) in [5.41, 5.74) is 1.64. The Labute approximate surface area is 205 Å². The van der Waals surface area contributed by atoms with Crippen LogP contribution in [0.15, 0.2) is 40.9 Å². The second-order valence-electron chi connectivity index (χ2n) is 7.27. The van der Waals surface area contributed by atoms with E-state index in [1.807, 2.05) is 19.1 Å². The van der Waals surface area contributed by atoms with Gasteiger partial charge < -0.3 is 14.8 Å². The van der Waals surface area contributed by atoms with Gasteiger partial charge in [-0.1, -0.05) is 25.1 Å². The number of nitrogens with one attached hydrogen (secondary N) is 1. The third-order valence-electron chi connectivity index (χ3n) is 5.31. The van der Waals surface area contributed by atoms with Crippen LogP contribution in [0.3, 0.4) is 0 Å². The summed E-state index contributed by atoms with van der Waals surface area (Å²) in [4.78, 5) is 2.54. The first-order chi connectivity index (χ1) is 14.1. The van der Waals surface area contributed by atoms with E-state index in [0.29, 0.717) is 29.7 Å². The predicted octanol–water partition coefficient (Wildman–Crippen LogP) is 5.98.